The minimum Gasteiger partial charge on any atom is -0.355 e. The number of rotatable bonds is 0. The molecule has 2 N–H and O–H groups in total. The van der Waals surface area contributed by atoms with Crippen LogP contribution in [0.2, 0.25) is 0 Å². The largest absolute Gasteiger partial charge is 2.00 e. The van der Waals surface area contributed by atoms with Crippen molar-refractivity contribution in [3.8, 4) is 0 Å². The van der Waals surface area contributed by atoms with Crippen LogP contribution in [0.5, 0.6) is 0 Å². The topological polar surface area (TPSA) is 57.4 Å². The van der Waals surface area contributed by atoms with Crippen LogP contribution < -0.4 is 0 Å². The minimum absolute atomic E-state index is 0. The summed E-state index contributed by atoms with van der Waals surface area (Å²) in [5.41, 5.74) is 7.86. The van der Waals surface area contributed by atoms with E-state index in [4.69, 9.17) is 0 Å². The van der Waals surface area contributed by atoms with Gasteiger partial charge in [-0.25, -0.2) is 34.2 Å². The van der Waals surface area contributed by atoms with E-state index in [9.17, 15) is 0 Å². The Morgan fingerprint density at radius 2 is 0.800 bits per heavy atom. The van der Waals surface area contributed by atoms with Crippen molar-refractivity contribution in [3.63, 3.8) is 0 Å². The second-order valence-corrected chi connectivity index (χ2v) is 7.83. The Morgan fingerprint density at radius 1 is 0.457 bits per heavy atom. The van der Waals surface area contributed by atoms with Crippen molar-refractivity contribution in [2.75, 3.05) is 0 Å². The van der Waals surface area contributed by atoms with E-state index in [-0.39, 0.29) is 17.1 Å². The van der Waals surface area contributed by atoms with Crippen molar-refractivity contribution in [1.82, 2.24) is 19.9 Å². The third-order valence-corrected chi connectivity index (χ3v) is 5.15. The van der Waals surface area contributed by atoms with Crippen molar-refractivity contribution >= 4 is 46.4 Å². The molecule has 2 aliphatic rings. The average Bonchev–Trinajstić information content (AvgIpc) is 3.65. The van der Waals surface area contributed by atoms with Gasteiger partial charge in [0.2, 0.25) is 0 Å². The van der Waals surface area contributed by atoms with Crippen molar-refractivity contribution in [2.24, 2.45) is 0 Å². The van der Waals surface area contributed by atoms with Gasteiger partial charge in [0, 0.05) is 22.1 Å². The van der Waals surface area contributed by atoms with Gasteiger partial charge in [-0.05, 0) is 72.8 Å². The van der Waals surface area contributed by atoms with Crippen LogP contribution >= 0.6 is 0 Å². The van der Waals surface area contributed by atoms with E-state index >= 15 is 0 Å². The van der Waals surface area contributed by atoms with E-state index in [1.54, 1.807) is 0 Å². The summed E-state index contributed by atoms with van der Waals surface area (Å²) in [6, 6.07) is 36.4. The van der Waals surface area contributed by atoms with Gasteiger partial charge < -0.3 is 9.97 Å². The third-order valence-electron chi connectivity index (χ3n) is 5.15. The van der Waals surface area contributed by atoms with Gasteiger partial charge in [-0.3, -0.25) is 0 Å². The second-order valence-electron chi connectivity index (χ2n) is 7.83. The molecule has 2 aromatic carbocycles. The van der Waals surface area contributed by atoms with Gasteiger partial charge in [-0.2, -0.15) is 36.4 Å². The van der Waals surface area contributed by atoms with Crippen LogP contribution in [0.1, 0.15) is 22.8 Å². The molecule has 7 rings (SSSR count). The van der Waals surface area contributed by atoms with Crippen LogP contribution in [0.15, 0.2) is 109 Å². The molecule has 0 fully saturated rings. The summed E-state index contributed by atoms with van der Waals surface area (Å²) in [6.45, 7) is 0. The predicted molar refractivity (Wildman–Crippen MR) is 143 cm³/mol. The molecule has 5 aromatic rings. The summed E-state index contributed by atoms with van der Waals surface area (Å²) in [5, 5.41) is 0. The van der Waals surface area contributed by atoms with E-state index in [1.807, 2.05) is 103 Å². The zero-order chi connectivity index (χ0) is 23.0. The van der Waals surface area contributed by atoms with E-state index in [1.165, 1.54) is 0 Å². The quantitative estimate of drug-likeness (QED) is 0.169. The molecule has 0 unspecified atom stereocenters. The summed E-state index contributed by atoms with van der Waals surface area (Å²) in [6.07, 6.45) is 8.05. The maximum atomic E-state index is 4.62. The molecule has 3 aromatic heterocycles. The first-order valence-corrected chi connectivity index (χ1v) is 11.2. The molecule has 8 bridgehead atoms. The molecule has 0 saturated carbocycles. The molecular weight excluding hydrogens is 472 g/mol. The summed E-state index contributed by atoms with van der Waals surface area (Å²) in [7, 11) is 0. The molecule has 4 nitrogen and oxygen atoms in total. The van der Waals surface area contributed by atoms with Crippen LogP contribution in [0, 0.1) is 0 Å². The maximum Gasteiger partial charge on any atom is 2.00 e. The fourth-order valence-electron chi connectivity index (χ4n) is 3.59. The van der Waals surface area contributed by atoms with Gasteiger partial charge in [0.05, 0.1) is 22.8 Å². The number of H-pyrrole nitrogens is 2. The first-order valence-electron chi connectivity index (χ1n) is 11.2. The Balaban J connectivity index is 0.000000219. The van der Waals surface area contributed by atoms with Crippen molar-refractivity contribution in [1.29, 1.82) is 0 Å². The zero-order valence-electron chi connectivity index (χ0n) is 18.9. The van der Waals surface area contributed by atoms with Crippen molar-refractivity contribution in [3.05, 3.63) is 132 Å². The minimum atomic E-state index is 0. The summed E-state index contributed by atoms with van der Waals surface area (Å²) in [5.74, 6) is 0. The number of nitrogens with one attached hydrogen (secondary N) is 2. The van der Waals surface area contributed by atoms with Gasteiger partial charge >= 0.3 is 17.1 Å². The molecule has 0 atom stereocenters. The van der Waals surface area contributed by atoms with Crippen LogP contribution in [0.25, 0.3) is 46.4 Å². The molecule has 0 amide bonds. The molecular formula is C30H24FeN4. The Labute approximate surface area is 215 Å². The van der Waals surface area contributed by atoms with E-state index in [2.05, 4.69) is 50.3 Å². The molecule has 35 heavy (non-hydrogen) atoms. The molecule has 0 spiro atoms. The molecule has 2 aliphatic heterocycles. The second kappa shape index (κ2) is 11.8. The van der Waals surface area contributed by atoms with E-state index < -0.39 is 0 Å². The number of fused-ring (bicyclic) bond motifs is 8. The van der Waals surface area contributed by atoms with Crippen molar-refractivity contribution in [2.45, 2.75) is 0 Å². The SMILES string of the molecule is C1=Cc2cc3ccc(cc4ccc(cc5nc(cc1n2)C=C5)[nH]4)[nH]3.[Fe+2].c1cc[cH-]c1.c1cc[cH-]c1. The summed E-state index contributed by atoms with van der Waals surface area (Å²) >= 11 is 0. The van der Waals surface area contributed by atoms with E-state index in [0.717, 1.165) is 44.8 Å². The maximum absolute atomic E-state index is 4.62. The summed E-state index contributed by atoms with van der Waals surface area (Å²) in [4.78, 5) is 16.0. The smallest absolute Gasteiger partial charge is 0.355 e. The van der Waals surface area contributed by atoms with Crippen LogP contribution in [-0.4, -0.2) is 19.9 Å². The molecule has 0 radical (unpaired) electrons. The molecule has 0 aliphatic carbocycles. The molecule has 172 valence electrons. The van der Waals surface area contributed by atoms with Gasteiger partial charge in [0.15, 0.2) is 0 Å². The molecule has 5 heteroatoms. The zero-order valence-corrected chi connectivity index (χ0v) is 20.1. The first kappa shape index (κ1) is 24.0. The Morgan fingerprint density at radius 3 is 1.14 bits per heavy atom. The fraction of sp³-hybridized carbons (Fsp3) is 0. The average molecular weight is 496 g/mol. The van der Waals surface area contributed by atoms with Crippen LogP contribution in [-0.2, 0) is 17.1 Å². The third kappa shape index (κ3) is 6.90. The molecule has 0 saturated heterocycles. The standard InChI is InChI=1S/C20H14N4.2C5H5.Fe/c1-2-14-10-16-5-6-18(23-16)12-20-8-7-19(24-20)11-17-4-3-15(22-17)9-13(1)21-14;2*1-2-4-5-3-1;/h1-12,21-22H;2*1-5H;/q;2*-1;+2. The van der Waals surface area contributed by atoms with Crippen molar-refractivity contribution < 1.29 is 17.1 Å². The predicted octanol–water partition coefficient (Wildman–Crippen LogP) is 7.46. The first-order chi connectivity index (χ1) is 16.8. The van der Waals surface area contributed by atoms with Gasteiger partial charge in [-0.15, -0.1) is 0 Å². The monoisotopic (exact) mass is 496 g/mol. The summed E-state index contributed by atoms with van der Waals surface area (Å²) < 4.78 is 0. The van der Waals surface area contributed by atoms with E-state index in [0.29, 0.717) is 0 Å². The van der Waals surface area contributed by atoms with Gasteiger partial charge in [-0.1, -0.05) is 0 Å². The molecule has 5 heterocycles. The fourth-order valence-corrected chi connectivity index (χ4v) is 3.59. The Bertz CT molecular complexity index is 1400. The van der Waals surface area contributed by atoms with Crippen LogP contribution in [0.4, 0.5) is 0 Å². The normalized spacial score (nSPS) is 11.0. The Kier molecular flexibility index (Phi) is 8.08. The number of hydrogen-bond donors (Lipinski definition) is 2. The van der Waals surface area contributed by atoms with Gasteiger partial charge in [0.25, 0.3) is 0 Å². The number of aromatic amines is 2. The number of aromatic nitrogens is 4. The van der Waals surface area contributed by atoms with Crippen LogP contribution in [0.3, 0.4) is 0 Å². The Hall–Kier alpha value is -4.18. The number of hydrogen-bond acceptors (Lipinski definition) is 2. The number of nitrogens with zero attached hydrogens (tertiary/aromatic N) is 2. The van der Waals surface area contributed by atoms with Gasteiger partial charge in [0.1, 0.15) is 0 Å².